The third-order valence-electron chi connectivity index (χ3n) is 4.17. The molecule has 0 radical (unpaired) electrons. The van der Waals surface area contributed by atoms with Crippen molar-refractivity contribution < 1.29 is 0 Å². The van der Waals surface area contributed by atoms with Crippen molar-refractivity contribution in [1.29, 1.82) is 0 Å². The fourth-order valence-corrected chi connectivity index (χ4v) is 3.81. The number of rotatable bonds is 4. The summed E-state index contributed by atoms with van der Waals surface area (Å²) in [6.07, 6.45) is 1.75. The van der Waals surface area contributed by atoms with Crippen LogP contribution in [0.1, 0.15) is 11.3 Å². The Labute approximate surface area is 164 Å². The molecule has 3 aromatic heterocycles. The first kappa shape index (κ1) is 17.8. The highest BCUT2D eigenvalue weighted by Gasteiger charge is 2.14. The van der Waals surface area contributed by atoms with Gasteiger partial charge in [-0.15, -0.1) is 10.2 Å². The number of pyridine rings is 1. The summed E-state index contributed by atoms with van der Waals surface area (Å²) in [6, 6.07) is 12.9. The van der Waals surface area contributed by atoms with Crippen LogP contribution in [0.4, 0.5) is 0 Å². The fourth-order valence-electron chi connectivity index (χ4n) is 2.78. The molecule has 1 aromatic carbocycles. The van der Waals surface area contributed by atoms with E-state index in [1.165, 1.54) is 11.8 Å². The Balaban J connectivity index is 1.60. The van der Waals surface area contributed by atoms with E-state index in [0.29, 0.717) is 27.9 Å². The molecule has 8 heteroatoms. The van der Waals surface area contributed by atoms with Crippen molar-refractivity contribution in [1.82, 2.24) is 24.1 Å². The monoisotopic (exact) mass is 397 g/mol. The first-order chi connectivity index (χ1) is 13.0. The van der Waals surface area contributed by atoms with Crippen LogP contribution in [-0.2, 0) is 12.8 Å². The second-order valence-corrected chi connectivity index (χ2v) is 7.50. The van der Waals surface area contributed by atoms with Gasteiger partial charge in [-0.25, -0.2) is 4.98 Å². The molecule has 6 nitrogen and oxygen atoms in total. The Morgan fingerprint density at radius 2 is 1.96 bits per heavy atom. The average Bonchev–Trinajstić information content (AvgIpc) is 3.00. The van der Waals surface area contributed by atoms with Crippen molar-refractivity contribution in [2.24, 2.45) is 7.05 Å². The van der Waals surface area contributed by atoms with Gasteiger partial charge >= 0.3 is 0 Å². The molecule has 0 saturated carbocycles. The van der Waals surface area contributed by atoms with Gasteiger partial charge in [0.25, 0.3) is 5.56 Å². The highest BCUT2D eigenvalue weighted by atomic mass is 35.5. The van der Waals surface area contributed by atoms with E-state index in [2.05, 4.69) is 15.2 Å². The van der Waals surface area contributed by atoms with Gasteiger partial charge < -0.3 is 4.57 Å². The van der Waals surface area contributed by atoms with Crippen LogP contribution in [0.2, 0.25) is 5.02 Å². The summed E-state index contributed by atoms with van der Waals surface area (Å²) in [4.78, 5) is 16.9. The van der Waals surface area contributed by atoms with E-state index in [1.807, 2.05) is 54.9 Å². The normalized spacial score (nSPS) is 11.2. The molecule has 0 amide bonds. The van der Waals surface area contributed by atoms with Crippen molar-refractivity contribution in [3.05, 3.63) is 75.3 Å². The molecule has 0 bridgehead atoms. The van der Waals surface area contributed by atoms with Gasteiger partial charge in [0, 0.05) is 30.6 Å². The zero-order chi connectivity index (χ0) is 19.0. The maximum atomic E-state index is 12.3. The minimum absolute atomic E-state index is 0.0923. The van der Waals surface area contributed by atoms with Crippen LogP contribution in [0.25, 0.3) is 17.0 Å². The van der Waals surface area contributed by atoms with Crippen molar-refractivity contribution in [2.45, 2.75) is 17.8 Å². The lowest BCUT2D eigenvalue weighted by molar-refractivity contribution is 0.793. The van der Waals surface area contributed by atoms with E-state index in [-0.39, 0.29) is 5.56 Å². The van der Waals surface area contributed by atoms with Crippen LogP contribution in [0.15, 0.2) is 58.6 Å². The summed E-state index contributed by atoms with van der Waals surface area (Å²) in [5.41, 5.74) is 3.15. The van der Waals surface area contributed by atoms with Gasteiger partial charge in [0.15, 0.2) is 11.0 Å². The Morgan fingerprint density at radius 3 is 2.78 bits per heavy atom. The lowest BCUT2D eigenvalue weighted by Crippen LogP contribution is -2.15. The molecule has 0 atom stereocenters. The zero-order valence-electron chi connectivity index (χ0n) is 14.8. The molecule has 4 rings (SSSR count). The number of fused-ring (bicyclic) bond motifs is 1. The van der Waals surface area contributed by atoms with Crippen LogP contribution < -0.4 is 5.56 Å². The number of aromatic nitrogens is 5. The summed E-state index contributed by atoms with van der Waals surface area (Å²) in [6.45, 7) is 1.98. The van der Waals surface area contributed by atoms with Crippen LogP contribution in [0.5, 0.6) is 0 Å². The van der Waals surface area contributed by atoms with Crippen molar-refractivity contribution in [2.75, 3.05) is 0 Å². The van der Waals surface area contributed by atoms with Gasteiger partial charge in [-0.05, 0) is 36.8 Å². The molecule has 3 heterocycles. The summed E-state index contributed by atoms with van der Waals surface area (Å²) in [5, 5.41) is 9.87. The minimum Gasteiger partial charge on any atom is -0.305 e. The highest BCUT2D eigenvalue weighted by Crippen LogP contribution is 2.29. The Morgan fingerprint density at radius 1 is 1.15 bits per heavy atom. The lowest BCUT2D eigenvalue weighted by atomic mass is 10.2. The van der Waals surface area contributed by atoms with Gasteiger partial charge in [-0.1, -0.05) is 35.5 Å². The smallest absolute Gasteiger partial charge is 0.258 e. The number of halogens is 1. The molecule has 0 N–H and O–H groups in total. The van der Waals surface area contributed by atoms with Crippen LogP contribution in [-0.4, -0.2) is 24.1 Å². The van der Waals surface area contributed by atoms with E-state index in [9.17, 15) is 4.79 Å². The Hall–Kier alpha value is -2.64. The lowest BCUT2D eigenvalue weighted by Gasteiger charge is -2.06. The maximum Gasteiger partial charge on any atom is 0.258 e. The van der Waals surface area contributed by atoms with Crippen molar-refractivity contribution >= 4 is 29.0 Å². The first-order valence-electron chi connectivity index (χ1n) is 8.29. The molecule has 0 saturated heterocycles. The molecular formula is C19H16ClN5OS. The number of benzene rings is 1. The predicted molar refractivity (Wildman–Crippen MR) is 107 cm³/mol. The second kappa shape index (κ2) is 7.17. The molecule has 0 aliphatic heterocycles. The van der Waals surface area contributed by atoms with Crippen molar-refractivity contribution in [3.8, 4) is 11.4 Å². The van der Waals surface area contributed by atoms with Gasteiger partial charge in [0.1, 0.15) is 5.65 Å². The summed E-state index contributed by atoms with van der Waals surface area (Å²) < 4.78 is 3.43. The van der Waals surface area contributed by atoms with Gasteiger partial charge in [-0.3, -0.25) is 9.20 Å². The number of nitrogens with zero attached hydrogens (tertiary/aromatic N) is 5. The molecule has 4 aromatic rings. The summed E-state index contributed by atoms with van der Waals surface area (Å²) in [7, 11) is 1.90. The van der Waals surface area contributed by atoms with Crippen LogP contribution in [0, 0.1) is 6.92 Å². The largest absolute Gasteiger partial charge is 0.305 e. The first-order valence-corrected chi connectivity index (χ1v) is 9.65. The van der Waals surface area contributed by atoms with E-state index in [0.717, 1.165) is 16.3 Å². The van der Waals surface area contributed by atoms with Crippen molar-refractivity contribution in [3.63, 3.8) is 0 Å². The van der Waals surface area contributed by atoms with Gasteiger partial charge in [0.2, 0.25) is 0 Å². The van der Waals surface area contributed by atoms with E-state index in [4.69, 9.17) is 11.6 Å². The topological polar surface area (TPSA) is 65.1 Å². The number of hydrogen-bond donors (Lipinski definition) is 0. The zero-order valence-corrected chi connectivity index (χ0v) is 16.3. The van der Waals surface area contributed by atoms with Crippen LogP contribution >= 0.6 is 23.4 Å². The Bertz CT molecular complexity index is 1200. The molecule has 0 aliphatic carbocycles. The Kier molecular flexibility index (Phi) is 4.72. The number of thioether (sulfide) groups is 1. The predicted octanol–water partition coefficient (Wildman–Crippen LogP) is 3.74. The molecule has 0 spiro atoms. The standard InChI is InChI=1S/C19H16ClN5OS/c1-12-7-8-25-16(9-12)21-13(10-17(25)26)11-27-19-23-22-18(24(19)2)14-5-3-4-6-15(14)20/h3-10H,11H2,1-2H3. The molecule has 27 heavy (non-hydrogen) atoms. The average molecular weight is 398 g/mol. The summed E-state index contributed by atoms with van der Waals surface area (Å²) >= 11 is 7.74. The third-order valence-corrected chi connectivity index (χ3v) is 5.56. The fraction of sp³-hybridized carbons (Fsp3) is 0.158. The minimum atomic E-state index is -0.0923. The van der Waals surface area contributed by atoms with Gasteiger partial charge in [0.05, 0.1) is 10.7 Å². The molecule has 0 aliphatic rings. The van der Waals surface area contributed by atoms with E-state index >= 15 is 0 Å². The quantitative estimate of drug-likeness (QED) is 0.491. The molecule has 0 fully saturated rings. The third kappa shape index (κ3) is 3.48. The summed E-state index contributed by atoms with van der Waals surface area (Å²) in [5.74, 6) is 1.22. The SMILES string of the molecule is Cc1ccn2c(=O)cc(CSc3nnc(-c4ccccc4Cl)n3C)nc2c1. The molecular weight excluding hydrogens is 382 g/mol. The maximum absolute atomic E-state index is 12.3. The highest BCUT2D eigenvalue weighted by molar-refractivity contribution is 7.98. The molecule has 0 unspecified atom stereocenters. The van der Waals surface area contributed by atoms with Gasteiger partial charge in [-0.2, -0.15) is 0 Å². The van der Waals surface area contributed by atoms with E-state index < -0.39 is 0 Å². The van der Waals surface area contributed by atoms with E-state index in [1.54, 1.807) is 16.7 Å². The number of aryl methyl sites for hydroxylation is 1. The van der Waals surface area contributed by atoms with Crippen LogP contribution in [0.3, 0.4) is 0 Å². The second-order valence-electron chi connectivity index (χ2n) is 6.15. The molecule has 136 valence electrons. The number of hydrogen-bond acceptors (Lipinski definition) is 5.